The van der Waals surface area contributed by atoms with E-state index in [0.717, 1.165) is 17.2 Å². The summed E-state index contributed by atoms with van der Waals surface area (Å²) in [7, 11) is 4.65. The number of carbonyl (C=O) groups is 1. The third-order valence-electron chi connectivity index (χ3n) is 5.66. The number of aryl methyl sites for hydroxylation is 1. The summed E-state index contributed by atoms with van der Waals surface area (Å²) in [5.41, 5.74) is 1.35. The first kappa shape index (κ1) is 26.0. The van der Waals surface area contributed by atoms with Crippen molar-refractivity contribution in [1.82, 2.24) is 15.6 Å². The Balaban J connectivity index is 1.91. The first-order valence-electron chi connectivity index (χ1n) is 11.0. The summed E-state index contributed by atoms with van der Waals surface area (Å²) in [4.78, 5) is 16.3. The van der Waals surface area contributed by atoms with Crippen molar-refractivity contribution in [2.24, 2.45) is 0 Å². The van der Waals surface area contributed by atoms with Gasteiger partial charge in [0, 0.05) is 19.3 Å². The summed E-state index contributed by atoms with van der Waals surface area (Å²) in [5.74, 6) is 0.884. The summed E-state index contributed by atoms with van der Waals surface area (Å²) in [5, 5.41) is 6.12. The minimum atomic E-state index is -4.49. The highest BCUT2D eigenvalue weighted by molar-refractivity contribution is 5.83. The van der Waals surface area contributed by atoms with Crippen LogP contribution in [0, 0.1) is 0 Å². The smallest absolute Gasteiger partial charge is 0.433 e. The molecule has 35 heavy (non-hydrogen) atoms. The van der Waals surface area contributed by atoms with Crippen LogP contribution >= 0.6 is 0 Å². The van der Waals surface area contributed by atoms with E-state index in [1.165, 1.54) is 19.4 Å². The van der Waals surface area contributed by atoms with Gasteiger partial charge in [0.15, 0.2) is 11.5 Å². The van der Waals surface area contributed by atoms with E-state index < -0.39 is 17.9 Å². The molecule has 6 nitrogen and oxygen atoms in total. The van der Waals surface area contributed by atoms with Crippen molar-refractivity contribution in [2.45, 2.75) is 31.1 Å². The monoisotopic (exact) mass is 487 g/mol. The zero-order valence-corrected chi connectivity index (χ0v) is 19.7. The standard InChI is InChI=1S/C26H28F3N3O3/c1-30-25(33)24(18-7-5-4-6-8-18)32-20(19-11-13-21(34-2)22(15-19)35-3)12-9-17-10-14-23(31-16-17)26(27,28)29/h4-8,10-11,13-16,20,24,32H,9,12H2,1-3H3,(H,30,33)/t20-,24-/m1/s1. The van der Waals surface area contributed by atoms with Crippen molar-refractivity contribution < 1.29 is 27.4 Å². The van der Waals surface area contributed by atoms with Gasteiger partial charge in [0.25, 0.3) is 0 Å². The Morgan fingerprint density at radius 2 is 1.69 bits per heavy atom. The van der Waals surface area contributed by atoms with Crippen molar-refractivity contribution in [1.29, 1.82) is 0 Å². The Labute approximate surface area is 202 Å². The van der Waals surface area contributed by atoms with E-state index in [0.29, 0.717) is 29.9 Å². The summed E-state index contributed by atoms with van der Waals surface area (Å²) in [6.07, 6.45) is -2.32. The highest BCUT2D eigenvalue weighted by Crippen LogP contribution is 2.33. The Morgan fingerprint density at radius 3 is 2.26 bits per heavy atom. The average Bonchev–Trinajstić information content (AvgIpc) is 2.88. The van der Waals surface area contributed by atoms with Gasteiger partial charge in [-0.25, -0.2) is 0 Å². The number of carbonyl (C=O) groups excluding carboxylic acids is 1. The molecule has 0 aliphatic heterocycles. The van der Waals surface area contributed by atoms with Crippen LogP contribution in [0.1, 0.15) is 40.9 Å². The molecule has 0 aliphatic carbocycles. The van der Waals surface area contributed by atoms with Crippen molar-refractivity contribution in [3.8, 4) is 11.5 Å². The third kappa shape index (κ3) is 6.73. The molecule has 0 unspecified atom stereocenters. The van der Waals surface area contributed by atoms with Gasteiger partial charge in [0.2, 0.25) is 5.91 Å². The van der Waals surface area contributed by atoms with Crippen LogP contribution < -0.4 is 20.1 Å². The van der Waals surface area contributed by atoms with Crippen LogP contribution in [-0.4, -0.2) is 32.2 Å². The minimum absolute atomic E-state index is 0.210. The molecule has 186 valence electrons. The fourth-order valence-corrected chi connectivity index (χ4v) is 3.78. The molecule has 0 saturated heterocycles. The molecule has 0 fully saturated rings. The number of benzene rings is 2. The van der Waals surface area contributed by atoms with Gasteiger partial charge in [-0.1, -0.05) is 42.5 Å². The average molecular weight is 488 g/mol. The van der Waals surface area contributed by atoms with E-state index in [9.17, 15) is 18.0 Å². The number of ether oxygens (including phenoxy) is 2. The molecule has 2 N–H and O–H groups in total. The molecule has 1 amide bonds. The normalized spacial score (nSPS) is 13.1. The second-order valence-electron chi connectivity index (χ2n) is 7.88. The molecule has 2 atom stereocenters. The van der Waals surface area contributed by atoms with Gasteiger partial charge in [0.05, 0.1) is 14.2 Å². The number of pyridine rings is 1. The highest BCUT2D eigenvalue weighted by Gasteiger charge is 2.32. The third-order valence-corrected chi connectivity index (χ3v) is 5.66. The molecule has 0 bridgehead atoms. The number of amides is 1. The van der Waals surface area contributed by atoms with Gasteiger partial charge in [0.1, 0.15) is 11.7 Å². The Bertz CT molecular complexity index is 1110. The largest absolute Gasteiger partial charge is 0.493 e. The molecule has 1 aromatic heterocycles. The lowest BCUT2D eigenvalue weighted by atomic mass is 9.96. The molecule has 9 heteroatoms. The fraction of sp³-hybridized carbons (Fsp3) is 0.308. The van der Waals surface area contributed by atoms with E-state index >= 15 is 0 Å². The van der Waals surface area contributed by atoms with Gasteiger partial charge < -0.3 is 14.8 Å². The summed E-state index contributed by atoms with van der Waals surface area (Å²) >= 11 is 0. The number of halogens is 3. The summed E-state index contributed by atoms with van der Waals surface area (Å²) in [6, 6.07) is 16.2. The number of rotatable bonds is 10. The number of hydrogen-bond donors (Lipinski definition) is 2. The van der Waals surface area contributed by atoms with Gasteiger partial charge in [-0.05, 0) is 47.7 Å². The van der Waals surface area contributed by atoms with Crippen molar-refractivity contribution in [3.05, 3.63) is 89.2 Å². The lowest BCUT2D eigenvalue weighted by molar-refractivity contribution is -0.141. The van der Waals surface area contributed by atoms with Crippen LogP contribution in [0.5, 0.6) is 11.5 Å². The number of methoxy groups -OCH3 is 2. The second kappa shape index (κ2) is 11.7. The Kier molecular flexibility index (Phi) is 8.70. The van der Waals surface area contributed by atoms with Gasteiger partial charge in [-0.15, -0.1) is 0 Å². The van der Waals surface area contributed by atoms with Crippen LogP contribution in [0.25, 0.3) is 0 Å². The lowest BCUT2D eigenvalue weighted by Gasteiger charge is -2.26. The maximum absolute atomic E-state index is 12.9. The Hall–Kier alpha value is -3.59. The molecule has 0 aliphatic rings. The van der Waals surface area contributed by atoms with Crippen molar-refractivity contribution >= 4 is 5.91 Å². The highest BCUT2D eigenvalue weighted by atomic mass is 19.4. The number of nitrogens with one attached hydrogen (secondary N) is 2. The summed E-state index contributed by atoms with van der Waals surface area (Å²) in [6.45, 7) is 0. The number of likely N-dealkylation sites (N-methyl/N-ethyl adjacent to an activating group) is 1. The molecule has 0 radical (unpaired) electrons. The van der Waals surface area contributed by atoms with Crippen LogP contribution in [0.4, 0.5) is 13.2 Å². The number of aromatic nitrogens is 1. The molecule has 1 heterocycles. The maximum atomic E-state index is 12.9. The molecule has 3 rings (SSSR count). The number of alkyl halides is 3. The van der Waals surface area contributed by atoms with E-state index in [1.54, 1.807) is 20.2 Å². The quantitative estimate of drug-likeness (QED) is 0.427. The lowest BCUT2D eigenvalue weighted by Crippen LogP contribution is -2.38. The molecule has 2 aromatic carbocycles. The van der Waals surface area contributed by atoms with Crippen molar-refractivity contribution in [2.75, 3.05) is 21.3 Å². The number of nitrogens with zero attached hydrogens (tertiary/aromatic N) is 1. The minimum Gasteiger partial charge on any atom is -0.493 e. The fourth-order valence-electron chi connectivity index (χ4n) is 3.78. The van der Waals surface area contributed by atoms with Gasteiger partial charge in [-0.2, -0.15) is 13.2 Å². The van der Waals surface area contributed by atoms with E-state index in [-0.39, 0.29) is 11.9 Å². The van der Waals surface area contributed by atoms with E-state index in [2.05, 4.69) is 15.6 Å². The first-order chi connectivity index (χ1) is 16.8. The SMILES string of the molecule is CNC(=O)[C@H](N[C@H](CCc1ccc(C(F)(F)F)nc1)c1ccc(OC)c(OC)c1)c1ccccc1. The second-order valence-corrected chi connectivity index (χ2v) is 7.88. The van der Waals surface area contributed by atoms with Gasteiger partial charge in [-0.3, -0.25) is 15.1 Å². The van der Waals surface area contributed by atoms with E-state index in [4.69, 9.17) is 9.47 Å². The van der Waals surface area contributed by atoms with Crippen LogP contribution in [0.15, 0.2) is 66.9 Å². The topological polar surface area (TPSA) is 72.5 Å². The molecular weight excluding hydrogens is 459 g/mol. The predicted molar refractivity (Wildman–Crippen MR) is 126 cm³/mol. The number of hydrogen-bond acceptors (Lipinski definition) is 5. The maximum Gasteiger partial charge on any atom is 0.433 e. The molecule has 3 aromatic rings. The first-order valence-corrected chi connectivity index (χ1v) is 11.0. The zero-order chi connectivity index (χ0) is 25.4. The Morgan fingerprint density at radius 1 is 0.971 bits per heavy atom. The zero-order valence-electron chi connectivity index (χ0n) is 19.7. The van der Waals surface area contributed by atoms with Crippen LogP contribution in [-0.2, 0) is 17.4 Å². The van der Waals surface area contributed by atoms with Gasteiger partial charge >= 0.3 is 6.18 Å². The summed E-state index contributed by atoms with van der Waals surface area (Å²) < 4.78 is 49.4. The van der Waals surface area contributed by atoms with E-state index in [1.807, 2.05) is 42.5 Å². The molecular formula is C26H28F3N3O3. The molecule has 0 saturated carbocycles. The van der Waals surface area contributed by atoms with Crippen molar-refractivity contribution in [3.63, 3.8) is 0 Å². The predicted octanol–water partition coefficient (Wildman–Crippen LogP) is 4.87. The molecule has 0 spiro atoms. The van der Waals surface area contributed by atoms with Crippen LogP contribution in [0.2, 0.25) is 0 Å². The van der Waals surface area contributed by atoms with Crippen LogP contribution in [0.3, 0.4) is 0 Å².